The number of methoxy groups -OCH3 is 1. The van der Waals surface area contributed by atoms with Gasteiger partial charge in [-0.1, -0.05) is 11.3 Å². The minimum absolute atomic E-state index is 0.648. The Morgan fingerprint density at radius 2 is 2.44 bits per heavy atom. The second kappa shape index (κ2) is 6.54. The van der Waals surface area contributed by atoms with E-state index < -0.39 is 0 Å². The Kier molecular flexibility index (Phi) is 5.02. The summed E-state index contributed by atoms with van der Waals surface area (Å²) in [5, 5.41) is 14.1. The van der Waals surface area contributed by atoms with E-state index in [1.807, 2.05) is 11.8 Å². The van der Waals surface area contributed by atoms with E-state index >= 15 is 0 Å². The van der Waals surface area contributed by atoms with Crippen LogP contribution in [0.1, 0.15) is 22.4 Å². The van der Waals surface area contributed by atoms with Crippen LogP contribution in [0.25, 0.3) is 0 Å². The summed E-state index contributed by atoms with van der Waals surface area (Å²) < 4.78 is 4.97. The van der Waals surface area contributed by atoms with E-state index in [2.05, 4.69) is 15.5 Å². The highest BCUT2D eigenvalue weighted by atomic mass is 32.2. The lowest BCUT2D eigenvalue weighted by atomic mass is 10.1. The van der Waals surface area contributed by atoms with Gasteiger partial charge in [0.15, 0.2) is 0 Å². The molecule has 1 atom stereocenters. The van der Waals surface area contributed by atoms with Gasteiger partial charge in [-0.25, -0.2) is 0 Å². The maximum atomic E-state index is 4.97. The summed E-state index contributed by atoms with van der Waals surface area (Å²) in [7, 11) is 1.71. The van der Waals surface area contributed by atoms with Crippen LogP contribution < -0.4 is 5.32 Å². The molecule has 1 saturated heterocycles. The molecular formula is C10H17N3OS2. The van der Waals surface area contributed by atoms with Gasteiger partial charge in [-0.3, -0.25) is 0 Å². The molecule has 2 heterocycles. The molecule has 0 aromatic carbocycles. The van der Waals surface area contributed by atoms with Crippen LogP contribution in [0.2, 0.25) is 0 Å². The summed E-state index contributed by atoms with van der Waals surface area (Å²) >= 11 is 3.77. The minimum Gasteiger partial charge on any atom is -0.383 e. The quantitative estimate of drug-likeness (QED) is 0.784. The van der Waals surface area contributed by atoms with Crippen molar-refractivity contribution in [3.05, 3.63) is 10.0 Å². The standard InChI is InChI=1S/C10H17N3OS2/c1-14-4-3-11-6-9-12-13-10(16-9)8-2-5-15-7-8/h8,11H,2-7H2,1H3. The van der Waals surface area contributed by atoms with E-state index in [0.29, 0.717) is 5.92 Å². The van der Waals surface area contributed by atoms with E-state index in [4.69, 9.17) is 4.74 Å². The molecule has 0 amide bonds. The molecule has 6 heteroatoms. The van der Waals surface area contributed by atoms with Gasteiger partial charge in [-0.2, -0.15) is 11.8 Å². The zero-order valence-corrected chi connectivity index (χ0v) is 11.1. The van der Waals surface area contributed by atoms with E-state index in [9.17, 15) is 0 Å². The number of rotatable bonds is 6. The van der Waals surface area contributed by atoms with Crippen LogP contribution in [0.3, 0.4) is 0 Å². The molecule has 1 N–H and O–H groups in total. The monoisotopic (exact) mass is 259 g/mol. The maximum absolute atomic E-state index is 4.97. The molecule has 2 rings (SSSR count). The molecule has 0 spiro atoms. The summed E-state index contributed by atoms with van der Waals surface area (Å²) in [5.74, 6) is 3.13. The van der Waals surface area contributed by atoms with Crippen LogP contribution in [0.5, 0.6) is 0 Å². The molecule has 90 valence electrons. The van der Waals surface area contributed by atoms with Gasteiger partial charge in [0.25, 0.3) is 0 Å². The minimum atomic E-state index is 0.648. The lowest BCUT2D eigenvalue weighted by Crippen LogP contribution is -2.18. The number of nitrogens with one attached hydrogen (secondary N) is 1. The van der Waals surface area contributed by atoms with Crippen molar-refractivity contribution < 1.29 is 4.74 Å². The van der Waals surface area contributed by atoms with Gasteiger partial charge in [0.1, 0.15) is 10.0 Å². The number of thioether (sulfide) groups is 1. The second-order valence-corrected chi connectivity index (χ2v) is 6.01. The second-order valence-electron chi connectivity index (χ2n) is 3.76. The predicted octanol–water partition coefficient (Wildman–Crippen LogP) is 1.49. The van der Waals surface area contributed by atoms with Crippen molar-refractivity contribution in [2.75, 3.05) is 31.8 Å². The van der Waals surface area contributed by atoms with Crippen molar-refractivity contribution in [3.63, 3.8) is 0 Å². The molecule has 0 bridgehead atoms. The molecule has 0 saturated carbocycles. The molecule has 1 fully saturated rings. The predicted molar refractivity (Wildman–Crippen MR) is 68.2 cm³/mol. The third-order valence-corrected chi connectivity index (χ3v) is 4.77. The highest BCUT2D eigenvalue weighted by Gasteiger charge is 2.21. The van der Waals surface area contributed by atoms with Crippen LogP contribution in [0, 0.1) is 0 Å². The molecule has 1 aliphatic rings. The Labute approximate surface area is 104 Å². The third kappa shape index (κ3) is 3.41. The molecule has 0 radical (unpaired) electrons. The lowest BCUT2D eigenvalue weighted by Gasteiger charge is -2.01. The average Bonchev–Trinajstić information content (AvgIpc) is 2.94. The summed E-state index contributed by atoms with van der Waals surface area (Å²) in [5.41, 5.74) is 0. The highest BCUT2D eigenvalue weighted by molar-refractivity contribution is 7.99. The first kappa shape index (κ1) is 12.3. The van der Waals surface area contributed by atoms with E-state index in [1.165, 1.54) is 22.9 Å². The molecular weight excluding hydrogens is 242 g/mol. The zero-order chi connectivity index (χ0) is 11.2. The fourth-order valence-corrected chi connectivity index (χ4v) is 3.88. The fraction of sp³-hybridized carbons (Fsp3) is 0.800. The van der Waals surface area contributed by atoms with Gasteiger partial charge in [0.05, 0.1) is 6.61 Å². The van der Waals surface area contributed by atoms with Gasteiger partial charge < -0.3 is 10.1 Å². The first-order valence-electron chi connectivity index (χ1n) is 5.50. The summed E-state index contributed by atoms with van der Waals surface area (Å²) in [4.78, 5) is 0. The average molecular weight is 259 g/mol. The SMILES string of the molecule is COCCNCc1nnc(C2CCSC2)s1. The van der Waals surface area contributed by atoms with Crippen molar-refractivity contribution in [2.24, 2.45) is 0 Å². The molecule has 1 aromatic heterocycles. The molecule has 4 nitrogen and oxygen atoms in total. The van der Waals surface area contributed by atoms with E-state index in [-0.39, 0.29) is 0 Å². The van der Waals surface area contributed by atoms with Crippen molar-refractivity contribution >= 4 is 23.1 Å². The normalized spacial score (nSPS) is 20.4. The molecule has 1 aliphatic heterocycles. The number of ether oxygens (including phenoxy) is 1. The Balaban J connectivity index is 1.77. The van der Waals surface area contributed by atoms with Gasteiger partial charge in [0.2, 0.25) is 0 Å². The summed E-state index contributed by atoms with van der Waals surface area (Å²) in [6.07, 6.45) is 1.26. The van der Waals surface area contributed by atoms with Crippen molar-refractivity contribution in [1.82, 2.24) is 15.5 Å². The zero-order valence-electron chi connectivity index (χ0n) is 9.44. The van der Waals surface area contributed by atoms with Crippen LogP contribution >= 0.6 is 23.1 Å². The van der Waals surface area contributed by atoms with Crippen LogP contribution in [-0.4, -0.2) is 42.0 Å². The number of hydrogen-bond donors (Lipinski definition) is 1. The van der Waals surface area contributed by atoms with Crippen LogP contribution in [0.4, 0.5) is 0 Å². The van der Waals surface area contributed by atoms with Crippen molar-refractivity contribution in [2.45, 2.75) is 18.9 Å². The van der Waals surface area contributed by atoms with Gasteiger partial charge >= 0.3 is 0 Å². The lowest BCUT2D eigenvalue weighted by molar-refractivity contribution is 0.199. The van der Waals surface area contributed by atoms with Gasteiger partial charge in [-0.05, 0) is 12.2 Å². The number of hydrogen-bond acceptors (Lipinski definition) is 6. The van der Waals surface area contributed by atoms with Gasteiger partial charge in [0, 0.05) is 31.9 Å². The number of nitrogens with zero attached hydrogens (tertiary/aromatic N) is 2. The van der Waals surface area contributed by atoms with Crippen LogP contribution in [0.15, 0.2) is 0 Å². The molecule has 0 aliphatic carbocycles. The Bertz CT molecular complexity index is 313. The molecule has 1 unspecified atom stereocenters. The first-order valence-corrected chi connectivity index (χ1v) is 7.47. The topological polar surface area (TPSA) is 47.0 Å². The Hall–Kier alpha value is -0.170. The maximum Gasteiger partial charge on any atom is 0.131 e. The third-order valence-electron chi connectivity index (χ3n) is 2.52. The summed E-state index contributed by atoms with van der Waals surface area (Å²) in [6.45, 7) is 2.41. The first-order chi connectivity index (χ1) is 7.90. The fourth-order valence-electron chi connectivity index (χ4n) is 1.60. The molecule has 16 heavy (non-hydrogen) atoms. The van der Waals surface area contributed by atoms with Crippen LogP contribution in [-0.2, 0) is 11.3 Å². The summed E-state index contributed by atoms with van der Waals surface area (Å²) in [6, 6.07) is 0. The van der Waals surface area contributed by atoms with Gasteiger partial charge in [-0.15, -0.1) is 10.2 Å². The highest BCUT2D eigenvalue weighted by Crippen LogP contribution is 2.33. The van der Waals surface area contributed by atoms with Crippen molar-refractivity contribution in [1.29, 1.82) is 0 Å². The smallest absolute Gasteiger partial charge is 0.131 e. The number of aromatic nitrogens is 2. The molecule has 1 aromatic rings. The Morgan fingerprint density at radius 1 is 1.50 bits per heavy atom. The van der Waals surface area contributed by atoms with Crippen molar-refractivity contribution in [3.8, 4) is 0 Å². The largest absolute Gasteiger partial charge is 0.383 e. The van der Waals surface area contributed by atoms with E-state index in [0.717, 1.165) is 24.7 Å². The Morgan fingerprint density at radius 3 is 3.19 bits per heavy atom. The van der Waals surface area contributed by atoms with E-state index in [1.54, 1.807) is 18.4 Å².